The van der Waals surface area contributed by atoms with Crippen molar-refractivity contribution in [1.29, 1.82) is 10.5 Å². The van der Waals surface area contributed by atoms with Crippen molar-refractivity contribution in [3.8, 4) is 12.1 Å². The van der Waals surface area contributed by atoms with Crippen LogP contribution in [-0.4, -0.2) is 29.1 Å². The number of piperidine rings is 1. The van der Waals surface area contributed by atoms with Crippen molar-refractivity contribution in [2.75, 3.05) is 18.0 Å². The number of hydrogen-bond donors (Lipinski definition) is 1. The van der Waals surface area contributed by atoms with Gasteiger partial charge in [-0.15, -0.1) is 0 Å². The third-order valence-electron chi connectivity index (χ3n) is 5.32. The number of anilines is 1. The molecule has 0 radical (unpaired) electrons. The van der Waals surface area contributed by atoms with Gasteiger partial charge in [0.15, 0.2) is 0 Å². The molecule has 0 spiro atoms. The van der Waals surface area contributed by atoms with E-state index in [2.05, 4.69) is 12.1 Å². The van der Waals surface area contributed by atoms with E-state index < -0.39 is 5.97 Å². The Labute approximate surface area is 147 Å². The molecule has 1 aromatic heterocycles. The third kappa shape index (κ3) is 3.44. The Kier molecular flexibility index (Phi) is 5.19. The van der Waals surface area contributed by atoms with E-state index in [4.69, 9.17) is 10.1 Å². The minimum Gasteiger partial charge on any atom is -0.481 e. The third-order valence-corrected chi connectivity index (χ3v) is 5.32. The van der Waals surface area contributed by atoms with Gasteiger partial charge in [0.2, 0.25) is 0 Å². The molecule has 0 atom stereocenters. The van der Waals surface area contributed by atoms with E-state index in [9.17, 15) is 15.3 Å². The standard InChI is InChI=1S/C19H22N4O2/c20-11-15-14-5-3-1-2-4-6-17(14)22-18(16(15)12-21)23-9-7-13(8-10-23)19(24)25/h13H,1-10H2,(H,24,25). The Morgan fingerprint density at radius 1 is 1.04 bits per heavy atom. The van der Waals surface area contributed by atoms with Crippen LogP contribution in [0.4, 0.5) is 5.82 Å². The number of fused-ring (bicyclic) bond motifs is 1. The highest BCUT2D eigenvalue weighted by molar-refractivity contribution is 5.71. The number of carbonyl (C=O) groups is 1. The van der Waals surface area contributed by atoms with Crippen LogP contribution in [0.5, 0.6) is 0 Å². The van der Waals surface area contributed by atoms with Crippen LogP contribution >= 0.6 is 0 Å². The normalized spacial score (nSPS) is 18.4. The van der Waals surface area contributed by atoms with Crippen LogP contribution in [-0.2, 0) is 17.6 Å². The van der Waals surface area contributed by atoms with Crippen molar-refractivity contribution in [3.63, 3.8) is 0 Å². The summed E-state index contributed by atoms with van der Waals surface area (Å²) in [5.41, 5.74) is 2.73. The van der Waals surface area contributed by atoms with E-state index in [0.29, 0.717) is 42.9 Å². The molecule has 6 nitrogen and oxygen atoms in total. The van der Waals surface area contributed by atoms with E-state index in [0.717, 1.165) is 43.4 Å². The Morgan fingerprint density at radius 3 is 2.28 bits per heavy atom. The van der Waals surface area contributed by atoms with Gasteiger partial charge in [0.05, 0.1) is 11.5 Å². The lowest BCUT2D eigenvalue weighted by Gasteiger charge is -2.32. The first-order chi connectivity index (χ1) is 12.2. The van der Waals surface area contributed by atoms with Gasteiger partial charge in [-0.1, -0.05) is 12.8 Å². The number of rotatable bonds is 2. The Balaban J connectivity index is 1.99. The van der Waals surface area contributed by atoms with Crippen molar-refractivity contribution >= 4 is 11.8 Å². The van der Waals surface area contributed by atoms with Crippen LogP contribution in [0.3, 0.4) is 0 Å². The van der Waals surface area contributed by atoms with Crippen LogP contribution in [0.15, 0.2) is 0 Å². The number of carboxylic acid groups (broad SMARTS) is 1. The van der Waals surface area contributed by atoms with Gasteiger partial charge in [-0.3, -0.25) is 4.79 Å². The highest BCUT2D eigenvalue weighted by Crippen LogP contribution is 2.32. The molecular weight excluding hydrogens is 316 g/mol. The van der Waals surface area contributed by atoms with Crippen molar-refractivity contribution in [2.45, 2.75) is 51.4 Å². The fourth-order valence-electron chi connectivity index (χ4n) is 3.88. The second-order valence-electron chi connectivity index (χ2n) is 6.85. The van der Waals surface area contributed by atoms with Gasteiger partial charge in [0.25, 0.3) is 0 Å². The van der Waals surface area contributed by atoms with Crippen LogP contribution < -0.4 is 4.90 Å². The number of aryl methyl sites for hydroxylation is 1. The monoisotopic (exact) mass is 338 g/mol. The summed E-state index contributed by atoms with van der Waals surface area (Å²) in [4.78, 5) is 17.9. The number of aliphatic carboxylic acids is 1. The molecule has 1 saturated heterocycles. The number of aromatic nitrogens is 1. The minimum absolute atomic E-state index is 0.332. The SMILES string of the molecule is N#Cc1c(N2CCC(C(=O)O)CC2)nc2c(c1C#N)CCCCCC2. The fraction of sp³-hybridized carbons (Fsp3) is 0.579. The molecule has 1 aliphatic heterocycles. The second kappa shape index (κ2) is 7.53. The lowest BCUT2D eigenvalue weighted by atomic mass is 9.91. The lowest BCUT2D eigenvalue weighted by Crippen LogP contribution is -2.37. The zero-order valence-electron chi connectivity index (χ0n) is 14.3. The highest BCUT2D eigenvalue weighted by Gasteiger charge is 2.29. The van der Waals surface area contributed by atoms with Crippen LogP contribution in [0, 0.1) is 28.6 Å². The molecule has 1 aliphatic carbocycles. The molecule has 3 rings (SSSR count). The number of hydrogen-bond acceptors (Lipinski definition) is 5. The largest absolute Gasteiger partial charge is 0.481 e. The van der Waals surface area contributed by atoms with Crippen molar-refractivity contribution in [3.05, 3.63) is 22.4 Å². The molecular formula is C19H22N4O2. The molecule has 25 heavy (non-hydrogen) atoms. The average molecular weight is 338 g/mol. The van der Waals surface area contributed by atoms with Gasteiger partial charge >= 0.3 is 5.97 Å². The molecule has 2 aliphatic rings. The molecule has 0 amide bonds. The molecule has 0 unspecified atom stereocenters. The van der Waals surface area contributed by atoms with Gasteiger partial charge in [-0.2, -0.15) is 10.5 Å². The molecule has 1 N–H and O–H groups in total. The van der Waals surface area contributed by atoms with Crippen molar-refractivity contribution in [2.24, 2.45) is 5.92 Å². The lowest BCUT2D eigenvalue weighted by molar-refractivity contribution is -0.142. The molecule has 1 aromatic rings. The highest BCUT2D eigenvalue weighted by atomic mass is 16.4. The Morgan fingerprint density at radius 2 is 1.68 bits per heavy atom. The van der Waals surface area contributed by atoms with Gasteiger partial charge < -0.3 is 10.0 Å². The average Bonchev–Trinajstić information content (AvgIpc) is 2.61. The van der Waals surface area contributed by atoms with E-state index in [1.165, 1.54) is 6.42 Å². The van der Waals surface area contributed by atoms with E-state index in [-0.39, 0.29) is 5.92 Å². The van der Waals surface area contributed by atoms with Crippen LogP contribution in [0.1, 0.15) is 60.9 Å². The molecule has 0 aromatic carbocycles. The summed E-state index contributed by atoms with van der Waals surface area (Å²) in [7, 11) is 0. The summed E-state index contributed by atoms with van der Waals surface area (Å²) in [5.74, 6) is -0.521. The maximum atomic E-state index is 11.2. The topological polar surface area (TPSA) is 101 Å². The fourth-order valence-corrected chi connectivity index (χ4v) is 3.88. The minimum atomic E-state index is -0.760. The number of nitriles is 2. The second-order valence-corrected chi connectivity index (χ2v) is 6.85. The zero-order chi connectivity index (χ0) is 17.8. The van der Waals surface area contributed by atoms with Crippen LogP contribution in [0.25, 0.3) is 0 Å². The summed E-state index contributed by atoms with van der Waals surface area (Å²) in [6, 6.07) is 4.44. The summed E-state index contributed by atoms with van der Waals surface area (Å²) >= 11 is 0. The predicted octanol–water partition coefficient (Wildman–Crippen LogP) is 2.78. The van der Waals surface area contributed by atoms with Crippen molar-refractivity contribution < 1.29 is 9.90 Å². The summed E-state index contributed by atoms with van der Waals surface area (Å²) in [6.07, 6.45) is 7.13. The first kappa shape index (κ1) is 17.2. The number of pyridine rings is 1. The van der Waals surface area contributed by atoms with Crippen molar-refractivity contribution in [1.82, 2.24) is 4.98 Å². The maximum absolute atomic E-state index is 11.2. The molecule has 2 heterocycles. The molecule has 1 fully saturated rings. The summed E-state index contributed by atoms with van der Waals surface area (Å²) in [5, 5.41) is 28.5. The molecule has 0 bridgehead atoms. The first-order valence-corrected chi connectivity index (χ1v) is 8.99. The maximum Gasteiger partial charge on any atom is 0.306 e. The van der Waals surface area contributed by atoms with E-state index in [1.54, 1.807) is 0 Å². The first-order valence-electron chi connectivity index (χ1n) is 8.99. The number of nitrogens with zero attached hydrogens (tertiary/aromatic N) is 4. The van der Waals surface area contributed by atoms with Crippen LogP contribution in [0.2, 0.25) is 0 Å². The zero-order valence-corrected chi connectivity index (χ0v) is 14.3. The van der Waals surface area contributed by atoms with E-state index in [1.807, 2.05) is 4.90 Å². The summed E-state index contributed by atoms with van der Waals surface area (Å²) < 4.78 is 0. The Hall–Kier alpha value is -2.60. The smallest absolute Gasteiger partial charge is 0.306 e. The predicted molar refractivity (Wildman–Crippen MR) is 92.1 cm³/mol. The van der Waals surface area contributed by atoms with E-state index >= 15 is 0 Å². The molecule has 130 valence electrons. The number of carboxylic acids is 1. The molecule has 0 saturated carbocycles. The quantitative estimate of drug-likeness (QED) is 0.890. The summed E-state index contributed by atoms with van der Waals surface area (Å²) in [6.45, 7) is 1.12. The van der Waals surface area contributed by atoms with Gasteiger partial charge in [0.1, 0.15) is 23.5 Å². The van der Waals surface area contributed by atoms with Gasteiger partial charge in [-0.25, -0.2) is 4.98 Å². The van der Waals surface area contributed by atoms with Gasteiger partial charge in [-0.05, 0) is 44.1 Å². The molecule has 6 heteroatoms. The van der Waals surface area contributed by atoms with Gasteiger partial charge in [0, 0.05) is 18.8 Å². The Bertz CT molecular complexity index is 752.